The Morgan fingerprint density at radius 3 is 3.00 bits per heavy atom. The van der Waals surface area contributed by atoms with Gasteiger partial charge in [-0.1, -0.05) is 35.9 Å². The first-order valence-corrected chi connectivity index (χ1v) is 8.66. The maximum absolute atomic E-state index is 6.21. The van der Waals surface area contributed by atoms with Crippen LogP contribution in [-0.2, 0) is 17.1 Å². The largest absolute Gasteiger partial charge is 0.467 e. The summed E-state index contributed by atoms with van der Waals surface area (Å²) in [4.78, 5) is 4.69. The maximum atomic E-state index is 6.21. The van der Waals surface area contributed by atoms with Crippen molar-refractivity contribution in [2.45, 2.75) is 17.4 Å². The fourth-order valence-corrected chi connectivity index (χ4v) is 3.75. The summed E-state index contributed by atoms with van der Waals surface area (Å²) in [5.74, 6) is 1.66. The molecule has 0 saturated carbocycles. The van der Waals surface area contributed by atoms with Crippen molar-refractivity contribution >= 4 is 34.3 Å². The molecule has 116 valence electrons. The summed E-state index contributed by atoms with van der Waals surface area (Å²) in [5.41, 5.74) is 3.09. The van der Waals surface area contributed by atoms with Crippen LogP contribution in [0.4, 0.5) is 0 Å². The number of ether oxygens (including phenoxy) is 2. The molecule has 0 fully saturated rings. The molecule has 0 aliphatic carbocycles. The van der Waals surface area contributed by atoms with E-state index in [1.54, 1.807) is 11.8 Å². The van der Waals surface area contributed by atoms with Crippen LogP contribution >= 0.6 is 23.4 Å². The number of aromatic nitrogens is 1. The normalized spacial score (nSPS) is 13.6. The molecule has 0 N–H and O–H groups in total. The lowest BCUT2D eigenvalue weighted by molar-refractivity contribution is -0.0168. The molecule has 2 aromatic carbocycles. The molecule has 0 unspecified atom stereocenters. The molecule has 3 aromatic rings. The predicted octanol–water partition coefficient (Wildman–Crippen LogP) is 5.05. The number of benzene rings is 2. The molecule has 0 atom stereocenters. The highest BCUT2D eigenvalue weighted by Crippen LogP contribution is 2.35. The van der Waals surface area contributed by atoms with Gasteiger partial charge in [0.1, 0.15) is 5.75 Å². The fourth-order valence-electron chi connectivity index (χ4n) is 2.64. The van der Waals surface area contributed by atoms with Crippen molar-refractivity contribution in [3.63, 3.8) is 0 Å². The first kappa shape index (κ1) is 14.8. The lowest BCUT2D eigenvalue weighted by atomic mass is 10.1. The molecule has 0 radical (unpaired) electrons. The van der Waals surface area contributed by atoms with Crippen molar-refractivity contribution in [3.05, 3.63) is 64.7 Å². The molecule has 4 rings (SSSR count). The van der Waals surface area contributed by atoms with E-state index in [0.29, 0.717) is 18.4 Å². The van der Waals surface area contributed by atoms with Gasteiger partial charge in [0.05, 0.1) is 17.1 Å². The molecule has 0 spiro atoms. The molecule has 1 aliphatic rings. The molecule has 5 heteroatoms. The van der Waals surface area contributed by atoms with Crippen LogP contribution in [0.3, 0.4) is 0 Å². The van der Waals surface area contributed by atoms with Gasteiger partial charge >= 0.3 is 0 Å². The smallest absolute Gasteiger partial charge is 0.189 e. The molecule has 0 amide bonds. The van der Waals surface area contributed by atoms with Crippen molar-refractivity contribution in [3.8, 4) is 5.75 Å². The van der Waals surface area contributed by atoms with Gasteiger partial charge in [0, 0.05) is 27.3 Å². The molecule has 1 aliphatic heterocycles. The standard InChI is InChI=1S/C18H14ClNO2S/c19-15-7-13-9-21-11-22-18(13)14(8-15)10-23-17-6-5-12-3-1-2-4-16(12)20-17/h1-8H,9-11H2. The van der Waals surface area contributed by atoms with Crippen LogP contribution in [0, 0.1) is 0 Å². The van der Waals surface area contributed by atoms with Crippen molar-refractivity contribution < 1.29 is 9.47 Å². The van der Waals surface area contributed by atoms with Gasteiger partial charge in [-0.3, -0.25) is 0 Å². The first-order valence-electron chi connectivity index (χ1n) is 7.30. The predicted molar refractivity (Wildman–Crippen MR) is 93.0 cm³/mol. The Kier molecular flexibility index (Phi) is 4.12. The molecule has 0 saturated heterocycles. The minimum absolute atomic E-state index is 0.292. The van der Waals surface area contributed by atoms with Crippen molar-refractivity contribution in [1.29, 1.82) is 0 Å². The van der Waals surface area contributed by atoms with E-state index in [1.807, 2.05) is 36.4 Å². The number of nitrogens with zero attached hydrogens (tertiary/aromatic N) is 1. The molecule has 3 nitrogen and oxygen atoms in total. The molecular formula is C18H14ClNO2S. The molecule has 23 heavy (non-hydrogen) atoms. The monoisotopic (exact) mass is 343 g/mol. The number of hydrogen-bond donors (Lipinski definition) is 0. The summed E-state index contributed by atoms with van der Waals surface area (Å²) in [6.45, 7) is 0.836. The first-order chi connectivity index (χ1) is 11.3. The molecule has 1 aromatic heterocycles. The van der Waals surface area contributed by atoms with Gasteiger partial charge in [0.2, 0.25) is 0 Å². The van der Waals surface area contributed by atoms with Gasteiger partial charge in [0.15, 0.2) is 6.79 Å². The van der Waals surface area contributed by atoms with E-state index in [1.165, 1.54) is 0 Å². The number of para-hydroxylation sites is 1. The van der Waals surface area contributed by atoms with Crippen molar-refractivity contribution in [2.24, 2.45) is 0 Å². The summed E-state index contributed by atoms with van der Waals surface area (Å²) < 4.78 is 11.0. The summed E-state index contributed by atoms with van der Waals surface area (Å²) in [7, 11) is 0. The molecule has 0 bridgehead atoms. The van der Waals surface area contributed by atoms with E-state index in [9.17, 15) is 0 Å². The van der Waals surface area contributed by atoms with Crippen LogP contribution < -0.4 is 4.74 Å². The topological polar surface area (TPSA) is 31.4 Å². The second-order valence-electron chi connectivity index (χ2n) is 5.29. The van der Waals surface area contributed by atoms with Gasteiger partial charge in [0.25, 0.3) is 0 Å². The highest BCUT2D eigenvalue weighted by Gasteiger charge is 2.16. The SMILES string of the molecule is Clc1cc2c(c(CSc3ccc4ccccc4n3)c1)OCOC2. The minimum Gasteiger partial charge on any atom is -0.467 e. The van der Waals surface area contributed by atoms with Gasteiger partial charge in [-0.2, -0.15) is 0 Å². The number of halogens is 1. The summed E-state index contributed by atoms with van der Waals surface area (Å²) >= 11 is 7.88. The van der Waals surface area contributed by atoms with Crippen LogP contribution in [0.5, 0.6) is 5.75 Å². The van der Waals surface area contributed by atoms with Gasteiger partial charge < -0.3 is 9.47 Å². The summed E-state index contributed by atoms with van der Waals surface area (Å²) in [6.07, 6.45) is 0. The lowest BCUT2D eigenvalue weighted by Gasteiger charge is -2.21. The Morgan fingerprint density at radius 2 is 2.04 bits per heavy atom. The van der Waals surface area contributed by atoms with Gasteiger partial charge in [-0.15, -0.1) is 11.8 Å². The zero-order valence-corrected chi connectivity index (χ0v) is 13.9. The highest BCUT2D eigenvalue weighted by atomic mass is 35.5. The van der Waals surface area contributed by atoms with E-state index >= 15 is 0 Å². The maximum Gasteiger partial charge on any atom is 0.189 e. The van der Waals surface area contributed by atoms with E-state index < -0.39 is 0 Å². The summed E-state index contributed by atoms with van der Waals surface area (Å²) in [5, 5.41) is 2.85. The Balaban J connectivity index is 1.59. The third kappa shape index (κ3) is 3.15. The molecule has 2 heterocycles. The van der Waals surface area contributed by atoms with Crippen LogP contribution in [0.1, 0.15) is 11.1 Å². The second-order valence-corrected chi connectivity index (χ2v) is 6.73. The Morgan fingerprint density at radius 1 is 1.13 bits per heavy atom. The number of pyridine rings is 1. The van der Waals surface area contributed by atoms with E-state index in [4.69, 9.17) is 21.1 Å². The van der Waals surface area contributed by atoms with Crippen LogP contribution in [0.15, 0.2) is 53.6 Å². The minimum atomic E-state index is 0.292. The van der Waals surface area contributed by atoms with Crippen LogP contribution in [-0.4, -0.2) is 11.8 Å². The average Bonchev–Trinajstić information content (AvgIpc) is 2.59. The Hall–Kier alpha value is -1.75. The quantitative estimate of drug-likeness (QED) is 0.623. The van der Waals surface area contributed by atoms with Crippen LogP contribution in [0.2, 0.25) is 5.02 Å². The van der Waals surface area contributed by atoms with E-state index in [0.717, 1.165) is 38.6 Å². The number of rotatable bonds is 3. The van der Waals surface area contributed by atoms with E-state index in [2.05, 4.69) is 17.1 Å². The third-order valence-corrected chi connectivity index (χ3v) is 4.90. The Bertz CT molecular complexity index is 869. The van der Waals surface area contributed by atoms with Crippen molar-refractivity contribution in [2.75, 3.05) is 6.79 Å². The fraction of sp³-hybridized carbons (Fsp3) is 0.167. The Labute approximate surface area is 143 Å². The second kappa shape index (κ2) is 6.40. The van der Waals surface area contributed by atoms with E-state index in [-0.39, 0.29) is 0 Å². The van der Waals surface area contributed by atoms with Crippen LogP contribution in [0.25, 0.3) is 10.9 Å². The third-order valence-electron chi connectivity index (χ3n) is 3.70. The summed E-state index contributed by atoms with van der Waals surface area (Å²) in [6, 6.07) is 16.1. The van der Waals surface area contributed by atoms with Crippen molar-refractivity contribution in [1.82, 2.24) is 4.98 Å². The lowest BCUT2D eigenvalue weighted by Crippen LogP contribution is -2.12. The number of thioether (sulfide) groups is 1. The average molecular weight is 344 g/mol. The molecular weight excluding hydrogens is 330 g/mol. The number of fused-ring (bicyclic) bond motifs is 2. The zero-order valence-electron chi connectivity index (χ0n) is 12.3. The number of hydrogen-bond acceptors (Lipinski definition) is 4. The van der Waals surface area contributed by atoms with Gasteiger partial charge in [-0.05, 0) is 24.3 Å². The zero-order chi connectivity index (χ0) is 15.6. The highest BCUT2D eigenvalue weighted by molar-refractivity contribution is 7.98. The van der Waals surface area contributed by atoms with Gasteiger partial charge in [-0.25, -0.2) is 4.98 Å².